The van der Waals surface area contributed by atoms with Gasteiger partial charge in [-0.3, -0.25) is 0 Å². The van der Waals surface area contributed by atoms with E-state index in [0.29, 0.717) is 42.8 Å². The highest BCUT2D eigenvalue weighted by Crippen LogP contribution is 2.23. The van der Waals surface area contributed by atoms with Gasteiger partial charge < -0.3 is 24.5 Å². The van der Waals surface area contributed by atoms with E-state index in [1.807, 2.05) is 13.0 Å². The van der Waals surface area contributed by atoms with Crippen molar-refractivity contribution < 1.29 is 18.7 Å². The number of aromatic nitrogens is 1. The molecule has 0 atom stereocenters. The SMILES string of the molecule is CCNC(=NCc1ccc(OC)c(C(=O)OC)c1)NCc1ncc(C(C)(C)C)o1.I. The second-order valence-corrected chi connectivity index (χ2v) is 7.44. The van der Waals surface area contributed by atoms with E-state index in [2.05, 4.69) is 41.4 Å². The molecule has 2 rings (SSSR count). The molecule has 0 unspecified atom stereocenters. The summed E-state index contributed by atoms with van der Waals surface area (Å²) < 4.78 is 15.8. The summed E-state index contributed by atoms with van der Waals surface area (Å²) in [6.07, 6.45) is 1.76. The first kappa shape index (κ1) is 25.7. The van der Waals surface area contributed by atoms with Crippen molar-refractivity contribution in [2.45, 2.75) is 46.2 Å². The summed E-state index contributed by atoms with van der Waals surface area (Å²) in [7, 11) is 2.86. The topological polar surface area (TPSA) is 98.0 Å². The Morgan fingerprint density at radius 3 is 2.53 bits per heavy atom. The zero-order valence-corrected chi connectivity index (χ0v) is 20.7. The number of ether oxygens (including phenoxy) is 2. The lowest BCUT2D eigenvalue weighted by Crippen LogP contribution is -2.36. The molecule has 1 aromatic carbocycles. The van der Waals surface area contributed by atoms with Crippen molar-refractivity contribution in [3.8, 4) is 5.75 Å². The Bertz CT molecular complexity index is 859. The van der Waals surface area contributed by atoms with Crippen LogP contribution in [0.15, 0.2) is 33.8 Å². The standard InChI is InChI=1S/C21H30N4O4.HI/c1-7-22-20(25-13-18-23-12-17(29-18)21(2,3)4)24-11-14-8-9-16(27-5)15(10-14)19(26)28-6;/h8-10,12H,7,11,13H2,1-6H3,(H2,22,24,25);1H. The normalized spacial score (nSPS) is 11.5. The van der Waals surface area contributed by atoms with E-state index < -0.39 is 5.97 Å². The van der Waals surface area contributed by atoms with E-state index in [9.17, 15) is 4.79 Å². The van der Waals surface area contributed by atoms with E-state index >= 15 is 0 Å². The minimum absolute atomic E-state index is 0. The summed E-state index contributed by atoms with van der Waals surface area (Å²) in [5.74, 6) is 2.07. The van der Waals surface area contributed by atoms with Gasteiger partial charge in [0.1, 0.15) is 17.1 Å². The third kappa shape index (κ3) is 7.19. The number of esters is 1. The maximum atomic E-state index is 11.9. The first-order valence-corrected chi connectivity index (χ1v) is 9.51. The van der Waals surface area contributed by atoms with Gasteiger partial charge in [-0.1, -0.05) is 26.8 Å². The first-order chi connectivity index (χ1) is 13.8. The van der Waals surface area contributed by atoms with Crippen LogP contribution in [0.25, 0.3) is 0 Å². The molecule has 0 bridgehead atoms. The highest BCUT2D eigenvalue weighted by Gasteiger charge is 2.19. The molecule has 0 radical (unpaired) electrons. The van der Waals surface area contributed by atoms with Crippen LogP contribution in [0.2, 0.25) is 0 Å². The van der Waals surface area contributed by atoms with E-state index in [4.69, 9.17) is 13.9 Å². The van der Waals surface area contributed by atoms with E-state index in [1.165, 1.54) is 14.2 Å². The van der Waals surface area contributed by atoms with Crippen LogP contribution in [0, 0.1) is 0 Å². The molecule has 2 aromatic rings. The Morgan fingerprint density at radius 2 is 1.97 bits per heavy atom. The van der Waals surface area contributed by atoms with Crippen molar-refractivity contribution in [3.63, 3.8) is 0 Å². The van der Waals surface area contributed by atoms with E-state index in [0.717, 1.165) is 11.3 Å². The third-order valence-corrected chi connectivity index (χ3v) is 4.13. The van der Waals surface area contributed by atoms with E-state index in [1.54, 1.807) is 18.3 Å². The predicted octanol–water partition coefficient (Wildman–Crippen LogP) is 3.64. The molecule has 0 saturated heterocycles. The van der Waals surface area contributed by atoms with Gasteiger partial charge in [0, 0.05) is 12.0 Å². The molecule has 0 aliphatic heterocycles. The Balaban J connectivity index is 0.00000450. The average molecular weight is 530 g/mol. The minimum atomic E-state index is -0.448. The quantitative estimate of drug-likeness (QED) is 0.244. The van der Waals surface area contributed by atoms with Gasteiger partial charge in [-0.15, -0.1) is 24.0 Å². The van der Waals surface area contributed by atoms with Crippen molar-refractivity contribution in [2.75, 3.05) is 20.8 Å². The molecule has 1 heterocycles. The third-order valence-electron chi connectivity index (χ3n) is 4.13. The van der Waals surface area contributed by atoms with Gasteiger partial charge in [-0.25, -0.2) is 14.8 Å². The number of rotatable bonds is 7. The van der Waals surface area contributed by atoms with Crippen LogP contribution in [-0.4, -0.2) is 37.7 Å². The number of hydrogen-bond acceptors (Lipinski definition) is 6. The van der Waals surface area contributed by atoms with Crippen LogP contribution in [0.3, 0.4) is 0 Å². The summed E-state index contributed by atoms with van der Waals surface area (Å²) in [5, 5.41) is 6.39. The van der Waals surface area contributed by atoms with Gasteiger partial charge in [0.2, 0.25) is 5.89 Å². The van der Waals surface area contributed by atoms with Gasteiger partial charge in [0.25, 0.3) is 0 Å². The van der Waals surface area contributed by atoms with Crippen LogP contribution < -0.4 is 15.4 Å². The molecule has 9 heteroatoms. The Morgan fingerprint density at radius 1 is 1.23 bits per heavy atom. The molecule has 30 heavy (non-hydrogen) atoms. The van der Waals surface area contributed by atoms with Gasteiger partial charge >= 0.3 is 5.97 Å². The summed E-state index contributed by atoms with van der Waals surface area (Å²) >= 11 is 0. The molecule has 0 saturated carbocycles. The minimum Gasteiger partial charge on any atom is -0.496 e. The zero-order chi connectivity index (χ0) is 21.4. The van der Waals surface area contributed by atoms with Crippen molar-refractivity contribution in [1.82, 2.24) is 15.6 Å². The van der Waals surface area contributed by atoms with E-state index in [-0.39, 0.29) is 29.4 Å². The Labute approximate surface area is 194 Å². The lowest BCUT2D eigenvalue weighted by atomic mass is 9.94. The highest BCUT2D eigenvalue weighted by molar-refractivity contribution is 14.0. The fourth-order valence-electron chi connectivity index (χ4n) is 2.53. The maximum absolute atomic E-state index is 11.9. The molecule has 166 valence electrons. The number of hydrogen-bond donors (Lipinski definition) is 2. The number of methoxy groups -OCH3 is 2. The van der Waals surface area contributed by atoms with Gasteiger partial charge in [-0.2, -0.15) is 0 Å². The van der Waals surface area contributed by atoms with Gasteiger partial charge in [-0.05, 0) is 24.6 Å². The average Bonchev–Trinajstić information content (AvgIpc) is 3.19. The molecule has 1 aromatic heterocycles. The number of carbonyl (C=O) groups excluding carboxylic acids is 1. The second kappa shape index (κ2) is 11.8. The van der Waals surface area contributed by atoms with Crippen molar-refractivity contribution >= 4 is 35.9 Å². The van der Waals surface area contributed by atoms with Crippen molar-refractivity contribution in [1.29, 1.82) is 0 Å². The Hall–Kier alpha value is -2.30. The molecule has 2 N–H and O–H groups in total. The molecule has 0 fully saturated rings. The smallest absolute Gasteiger partial charge is 0.341 e. The summed E-state index contributed by atoms with van der Waals surface area (Å²) in [6.45, 7) is 9.72. The Kier molecular flexibility index (Phi) is 10.1. The lowest BCUT2D eigenvalue weighted by Gasteiger charge is -2.13. The highest BCUT2D eigenvalue weighted by atomic mass is 127. The molecule has 0 spiro atoms. The van der Waals surface area contributed by atoms with Crippen molar-refractivity contribution in [2.24, 2.45) is 4.99 Å². The van der Waals surface area contributed by atoms with Gasteiger partial charge in [0.15, 0.2) is 5.96 Å². The number of nitrogens with one attached hydrogen (secondary N) is 2. The number of carbonyl (C=O) groups is 1. The summed E-state index contributed by atoms with van der Waals surface area (Å²) in [4.78, 5) is 20.8. The maximum Gasteiger partial charge on any atom is 0.341 e. The first-order valence-electron chi connectivity index (χ1n) is 9.51. The van der Waals surface area contributed by atoms with Crippen LogP contribution in [0.5, 0.6) is 5.75 Å². The molecular formula is C21H31IN4O4. The zero-order valence-electron chi connectivity index (χ0n) is 18.4. The van der Waals surface area contributed by atoms with Crippen molar-refractivity contribution in [3.05, 3.63) is 47.2 Å². The number of aliphatic imine (C=N–C) groups is 1. The predicted molar refractivity (Wildman–Crippen MR) is 127 cm³/mol. The fraction of sp³-hybridized carbons (Fsp3) is 0.476. The molecule has 0 aliphatic carbocycles. The number of guanidine groups is 1. The molecule has 0 aliphatic rings. The summed E-state index contributed by atoms with van der Waals surface area (Å²) in [6, 6.07) is 5.32. The molecule has 0 amide bonds. The van der Waals surface area contributed by atoms with Gasteiger partial charge in [0.05, 0.1) is 33.5 Å². The number of halogens is 1. The number of nitrogens with zero attached hydrogens (tertiary/aromatic N) is 2. The van der Waals surface area contributed by atoms with Crippen LogP contribution in [-0.2, 0) is 23.2 Å². The summed E-state index contributed by atoms with van der Waals surface area (Å²) in [5.41, 5.74) is 1.14. The largest absolute Gasteiger partial charge is 0.496 e. The monoisotopic (exact) mass is 530 g/mol. The second-order valence-electron chi connectivity index (χ2n) is 7.44. The molecule has 8 nitrogen and oxygen atoms in total. The number of benzene rings is 1. The van der Waals surface area contributed by atoms with Crippen LogP contribution in [0.1, 0.15) is 55.3 Å². The van der Waals surface area contributed by atoms with Crippen LogP contribution >= 0.6 is 24.0 Å². The number of oxazole rings is 1. The fourth-order valence-corrected chi connectivity index (χ4v) is 2.53. The van der Waals surface area contributed by atoms with Crippen LogP contribution in [0.4, 0.5) is 0 Å². The lowest BCUT2D eigenvalue weighted by molar-refractivity contribution is 0.0597. The molecular weight excluding hydrogens is 499 g/mol.